The molecular weight excluding hydrogens is 373 g/mol. The molecule has 1 aromatic carbocycles. The quantitative estimate of drug-likeness (QED) is 0.799. The van der Waals surface area contributed by atoms with Gasteiger partial charge in [0.2, 0.25) is 5.91 Å². The highest BCUT2D eigenvalue weighted by Crippen LogP contribution is 2.31. The molecule has 1 aliphatic heterocycles. The molecule has 2 unspecified atom stereocenters. The van der Waals surface area contributed by atoms with Gasteiger partial charge in [0.15, 0.2) is 0 Å². The number of alkyl halides is 3. The van der Waals surface area contributed by atoms with Gasteiger partial charge in [-0.1, -0.05) is 19.1 Å². The summed E-state index contributed by atoms with van der Waals surface area (Å²) in [5, 5.41) is 9.29. The topological polar surface area (TPSA) is 60.9 Å². The van der Waals surface area contributed by atoms with Crippen LogP contribution >= 0.6 is 0 Å². The van der Waals surface area contributed by atoms with Crippen molar-refractivity contribution in [3.05, 3.63) is 35.4 Å². The summed E-state index contributed by atoms with van der Waals surface area (Å²) in [6.07, 6.45) is -1.99. The van der Waals surface area contributed by atoms with E-state index in [1.165, 1.54) is 12.1 Å². The van der Waals surface area contributed by atoms with Gasteiger partial charge < -0.3 is 10.0 Å². The number of amides is 1. The fourth-order valence-electron chi connectivity index (χ4n) is 3.85. The first-order valence-corrected chi connectivity index (χ1v) is 9.54. The summed E-state index contributed by atoms with van der Waals surface area (Å²) < 4.78 is 38.2. The third-order valence-corrected chi connectivity index (χ3v) is 5.39. The van der Waals surface area contributed by atoms with Crippen molar-refractivity contribution in [2.24, 2.45) is 11.8 Å². The van der Waals surface area contributed by atoms with Gasteiger partial charge in [0, 0.05) is 25.7 Å². The second kappa shape index (κ2) is 8.11. The van der Waals surface area contributed by atoms with Crippen molar-refractivity contribution in [1.82, 2.24) is 9.80 Å². The Hall–Kier alpha value is -2.09. The molecule has 1 N–H and O–H groups in total. The number of rotatable bonds is 6. The lowest BCUT2D eigenvalue weighted by Crippen LogP contribution is -2.48. The summed E-state index contributed by atoms with van der Waals surface area (Å²) >= 11 is 0. The van der Waals surface area contributed by atoms with Crippen LogP contribution in [-0.2, 0) is 22.3 Å². The van der Waals surface area contributed by atoms with Crippen LogP contribution in [-0.4, -0.2) is 52.5 Å². The molecule has 1 aromatic rings. The van der Waals surface area contributed by atoms with Crippen LogP contribution in [0.25, 0.3) is 0 Å². The Kier molecular flexibility index (Phi) is 5.98. The maximum atomic E-state index is 12.9. The molecule has 0 radical (unpaired) electrons. The minimum absolute atomic E-state index is 0.0966. The lowest BCUT2D eigenvalue weighted by Gasteiger charge is -2.35. The number of carbonyl (C=O) groups excluding carboxylic acids is 1. The fourth-order valence-corrected chi connectivity index (χ4v) is 3.85. The van der Waals surface area contributed by atoms with Crippen molar-refractivity contribution >= 4 is 11.9 Å². The van der Waals surface area contributed by atoms with Gasteiger partial charge in [-0.2, -0.15) is 13.2 Å². The van der Waals surface area contributed by atoms with Crippen molar-refractivity contribution in [1.29, 1.82) is 0 Å². The summed E-state index contributed by atoms with van der Waals surface area (Å²) in [5.74, 6) is -1.21. The number of aliphatic carboxylic acids is 1. The molecule has 5 nitrogen and oxygen atoms in total. The average Bonchev–Trinajstić information content (AvgIpc) is 3.43. The third-order valence-electron chi connectivity index (χ3n) is 5.39. The number of benzene rings is 1. The summed E-state index contributed by atoms with van der Waals surface area (Å²) in [6, 6.07) is 5.01. The number of carboxylic acid groups (broad SMARTS) is 1. The predicted octanol–water partition coefficient (Wildman–Crippen LogP) is 3.24. The van der Waals surface area contributed by atoms with E-state index in [-0.39, 0.29) is 31.0 Å². The number of halogens is 3. The Balaban J connectivity index is 1.64. The van der Waals surface area contributed by atoms with E-state index in [0.717, 1.165) is 25.0 Å². The second-order valence-corrected chi connectivity index (χ2v) is 8.02. The maximum Gasteiger partial charge on any atom is 0.416 e. The van der Waals surface area contributed by atoms with E-state index in [1.54, 1.807) is 4.90 Å². The van der Waals surface area contributed by atoms with Gasteiger partial charge in [-0.05, 0) is 42.9 Å². The van der Waals surface area contributed by atoms with Crippen molar-refractivity contribution < 1.29 is 27.9 Å². The third kappa shape index (κ3) is 5.25. The molecule has 28 heavy (non-hydrogen) atoms. The largest absolute Gasteiger partial charge is 0.481 e. The summed E-state index contributed by atoms with van der Waals surface area (Å²) in [5.41, 5.74) is -0.0498. The minimum Gasteiger partial charge on any atom is -0.481 e. The van der Waals surface area contributed by atoms with Gasteiger partial charge in [0.1, 0.15) is 0 Å². The predicted molar refractivity (Wildman–Crippen MR) is 96.4 cm³/mol. The van der Waals surface area contributed by atoms with Gasteiger partial charge in [-0.15, -0.1) is 0 Å². The Morgan fingerprint density at radius 2 is 1.82 bits per heavy atom. The average molecular weight is 398 g/mol. The van der Waals surface area contributed by atoms with Gasteiger partial charge in [0.25, 0.3) is 0 Å². The van der Waals surface area contributed by atoms with E-state index >= 15 is 0 Å². The highest BCUT2D eigenvalue weighted by atomic mass is 19.4. The van der Waals surface area contributed by atoms with E-state index in [2.05, 4.69) is 0 Å². The maximum absolute atomic E-state index is 12.9. The minimum atomic E-state index is -4.38. The Morgan fingerprint density at radius 1 is 1.18 bits per heavy atom. The van der Waals surface area contributed by atoms with Gasteiger partial charge in [-0.25, -0.2) is 0 Å². The van der Waals surface area contributed by atoms with E-state index in [4.69, 9.17) is 0 Å². The first-order valence-electron chi connectivity index (χ1n) is 9.54. The fraction of sp³-hybridized carbons (Fsp3) is 0.600. The SMILES string of the molecule is CC1CC(C(=O)O)CN(CC(=O)N(Cc2ccc(C(F)(F)F)cc2)C2CC2)C1. The van der Waals surface area contributed by atoms with Crippen LogP contribution in [0.5, 0.6) is 0 Å². The number of piperidine rings is 1. The smallest absolute Gasteiger partial charge is 0.416 e. The molecule has 2 atom stereocenters. The first-order chi connectivity index (χ1) is 13.1. The monoisotopic (exact) mass is 398 g/mol. The van der Waals surface area contributed by atoms with Crippen LogP contribution in [0.4, 0.5) is 13.2 Å². The molecule has 154 valence electrons. The van der Waals surface area contributed by atoms with Crippen molar-refractivity contribution in [3.63, 3.8) is 0 Å². The Labute approximate surface area is 162 Å². The zero-order chi connectivity index (χ0) is 20.5. The second-order valence-electron chi connectivity index (χ2n) is 8.02. The van der Waals surface area contributed by atoms with Crippen LogP contribution in [0.15, 0.2) is 24.3 Å². The van der Waals surface area contributed by atoms with Crippen LogP contribution in [0.3, 0.4) is 0 Å². The molecule has 2 fully saturated rings. The zero-order valence-electron chi connectivity index (χ0n) is 15.8. The van der Waals surface area contributed by atoms with Crippen molar-refractivity contribution in [3.8, 4) is 0 Å². The molecule has 0 aromatic heterocycles. The molecule has 1 heterocycles. The highest BCUT2D eigenvalue weighted by molar-refractivity contribution is 5.79. The Morgan fingerprint density at radius 3 is 2.36 bits per heavy atom. The van der Waals surface area contributed by atoms with Gasteiger partial charge in [-0.3, -0.25) is 14.5 Å². The lowest BCUT2D eigenvalue weighted by molar-refractivity contribution is -0.146. The zero-order valence-corrected chi connectivity index (χ0v) is 15.8. The number of nitrogens with zero attached hydrogens (tertiary/aromatic N) is 2. The molecule has 1 saturated heterocycles. The summed E-state index contributed by atoms with van der Waals surface area (Å²) in [4.78, 5) is 27.8. The number of hydrogen-bond donors (Lipinski definition) is 1. The van der Waals surface area contributed by atoms with Gasteiger partial charge in [0.05, 0.1) is 18.0 Å². The van der Waals surface area contributed by atoms with E-state index in [1.807, 2.05) is 11.8 Å². The van der Waals surface area contributed by atoms with E-state index in [0.29, 0.717) is 25.1 Å². The molecular formula is C20H25F3N2O3. The molecule has 3 rings (SSSR count). The molecule has 0 spiro atoms. The van der Waals surface area contributed by atoms with E-state index in [9.17, 15) is 27.9 Å². The van der Waals surface area contributed by atoms with Crippen LogP contribution in [0, 0.1) is 11.8 Å². The number of carbonyl (C=O) groups is 2. The lowest BCUT2D eigenvalue weighted by atomic mass is 9.90. The van der Waals surface area contributed by atoms with Crippen LogP contribution < -0.4 is 0 Å². The summed E-state index contributed by atoms with van der Waals surface area (Å²) in [6.45, 7) is 3.42. The van der Waals surface area contributed by atoms with E-state index < -0.39 is 23.6 Å². The standard InChI is InChI=1S/C20H25F3N2O3/c1-13-8-15(19(27)28)11-24(9-13)12-18(26)25(17-6-7-17)10-14-2-4-16(5-3-14)20(21,22)23/h2-5,13,15,17H,6-12H2,1H3,(H,27,28). The number of likely N-dealkylation sites (tertiary alicyclic amines) is 1. The van der Waals surface area contributed by atoms with Crippen molar-refractivity contribution in [2.45, 2.75) is 44.9 Å². The van der Waals surface area contributed by atoms with Gasteiger partial charge >= 0.3 is 12.1 Å². The summed E-state index contributed by atoms with van der Waals surface area (Å²) in [7, 11) is 0. The van der Waals surface area contributed by atoms with Crippen LogP contribution in [0.1, 0.15) is 37.3 Å². The molecule has 8 heteroatoms. The molecule has 1 aliphatic carbocycles. The Bertz CT molecular complexity index is 716. The molecule has 2 aliphatic rings. The highest BCUT2D eigenvalue weighted by Gasteiger charge is 2.36. The number of hydrogen-bond acceptors (Lipinski definition) is 3. The molecule has 1 saturated carbocycles. The normalized spacial score (nSPS) is 23.4. The van der Waals surface area contributed by atoms with Crippen LogP contribution in [0.2, 0.25) is 0 Å². The molecule has 1 amide bonds. The van der Waals surface area contributed by atoms with Crippen molar-refractivity contribution in [2.75, 3.05) is 19.6 Å². The number of carboxylic acids is 1. The molecule has 0 bridgehead atoms. The first kappa shape index (κ1) is 20.6.